The molecule has 0 fully saturated rings. The first-order valence-corrected chi connectivity index (χ1v) is 5.44. The van der Waals surface area contributed by atoms with Gasteiger partial charge in [-0.3, -0.25) is 9.58 Å². The summed E-state index contributed by atoms with van der Waals surface area (Å²) in [5.74, 6) is 0.679. The largest absolute Gasteiger partial charge is 0.295 e. The molecule has 0 atom stereocenters. The number of aromatic nitrogens is 2. The van der Waals surface area contributed by atoms with Crippen molar-refractivity contribution in [2.75, 3.05) is 12.4 Å². The maximum absolute atomic E-state index is 5.75. The summed E-state index contributed by atoms with van der Waals surface area (Å²) in [4.78, 5) is 2.34. The number of nitrogens with zero attached hydrogens (tertiary/aromatic N) is 3. The number of alkyl halides is 1. The zero-order valence-electron chi connectivity index (χ0n) is 9.07. The zero-order valence-corrected chi connectivity index (χ0v) is 9.83. The molecule has 80 valence electrons. The molecule has 0 aromatic carbocycles. The first kappa shape index (κ1) is 11.5. The molecule has 0 spiro atoms. The second kappa shape index (κ2) is 5.37. The van der Waals surface area contributed by atoms with Crippen LogP contribution in [0.3, 0.4) is 0 Å². The third-order valence-corrected chi connectivity index (χ3v) is 2.42. The predicted octanol–water partition coefficient (Wildman–Crippen LogP) is 1.87. The van der Waals surface area contributed by atoms with Crippen molar-refractivity contribution in [3.63, 3.8) is 0 Å². The number of hydrogen-bond acceptors (Lipinski definition) is 2. The molecule has 0 N–H and O–H groups in total. The van der Waals surface area contributed by atoms with Gasteiger partial charge < -0.3 is 0 Å². The molecule has 4 heteroatoms. The summed E-state index contributed by atoms with van der Waals surface area (Å²) in [6.07, 6.45) is 3.95. The SMILES string of the molecule is CC(C)N(CCCl)Cc1cnn(C)c1. The number of rotatable bonds is 5. The minimum absolute atomic E-state index is 0.522. The molecule has 0 saturated carbocycles. The lowest BCUT2D eigenvalue weighted by molar-refractivity contribution is 0.226. The van der Waals surface area contributed by atoms with Gasteiger partial charge in [0.1, 0.15) is 0 Å². The molecule has 0 radical (unpaired) electrons. The molecule has 3 nitrogen and oxygen atoms in total. The summed E-state index contributed by atoms with van der Waals surface area (Å²) in [5, 5.41) is 4.15. The third-order valence-electron chi connectivity index (χ3n) is 2.25. The van der Waals surface area contributed by atoms with Crippen molar-refractivity contribution in [2.24, 2.45) is 7.05 Å². The summed E-state index contributed by atoms with van der Waals surface area (Å²) < 4.78 is 1.83. The second-order valence-corrected chi connectivity index (χ2v) is 4.15. The fraction of sp³-hybridized carbons (Fsp3) is 0.700. The second-order valence-electron chi connectivity index (χ2n) is 3.78. The third kappa shape index (κ3) is 3.31. The molecule has 0 amide bonds. The van der Waals surface area contributed by atoms with Crippen molar-refractivity contribution < 1.29 is 0 Å². The zero-order chi connectivity index (χ0) is 10.6. The number of hydrogen-bond donors (Lipinski definition) is 0. The lowest BCUT2D eigenvalue weighted by Gasteiger charge is -2.24. The average Bonchev–Trinajstić information content (AvgIpc) is 2.50. The van der Waals surface area contributed by atoms with Gasteiger partial charge in [-0.2, -0.15) is 5.10 Å². The van der Waals surface area contributed by atoms with Crippen molar-refractivity contribution in [1.29, 1.82) is 0 Å². The Hall–Kier alpha value is -0.540. The molecule has 0 aliphatic rings. The molecular formula is C10H18ClN3. The highest BCUT2D eigenvalue weighted by Gasteiger charge is 2.09. The van der Waals surface area contributed by atoms with Crippen molar-refractivity contribution in [3.05, 3.63) is 18.0 Å². The standard InChI is InChI=1S/C10H18ClN3/c1-9(2)14(5-4-11)8-10-6-12-13(3)7-10/h6-7,9H,4-5,8H2,1-3H3. The van der Waals surface area contributed by atoms with E-state index in [1.807, 2.05) is 24.1 Å². The van der Waals surface area contributed by atoms with Crippen LogP contribution in [-0.4, -0.2) is 33.1 Å². The fourth-order valence-corrected chi connectivity index (χ4v) is 1.63. The van der Waals surface area contributed by atoms with Gasteiger partial charge in [0.05, 0.1) is 6.20 Å². The Labute approximate surface area is 90.7 Å². The van der Waals surface area contributed by atoms with E-state index < -0.39 is 0 Å². The van der Waals surface area contributed by atoms with Crippen LogP contribution >= 0.6 is 11.6 Å². The van der Waals surface area contributed by atoms with Crippen LogP contribution in [0.15, 0.2) is 12.4 Å². The Morgan fingerprint density at radius 3 is 2.71 bits per heavy atom. The van der Waals surface area contributed by atoms with Crippen molar-refractivity contribution in [3.8, 4) is 0 Å². The maximum Gasteiger partial charge on any atom is 0.0534 e. The molecular weight excluding hydrogens is 198 g/mol. The van der Waals surface area contributed by atoms with Crippen LogP contribution in [0.4, 0.5) is 0 Å². The molecule has 0 bridgehead atoms. The summed E-state index contributed by atoms with van der Waals surface area (Å²) in [6, 6.07) is 0.522. The summed E-state index contributed by atoms with van der Waals surface area (Å²) >= 11 is 5.75. The van der Waals surface area contributed by atoms with Crippen LogP contribution in [0.1, 0.15) is 19.4 Å². The number of halogens is 1. The first-order valence-electron chi connectivity index (χ1n) is 4.91. The van der Waals surface area contributed by atoms with E-state index >= 15 is 0 Å². The van der Waals surface area contributed by atoms with E-state index in [9.17, 15) is 0 Å². The monoisotopic (exact) mass is 215 g/mol. The van der Waals surface area contributed by atoms with E-state index in [1.54, 1.807) is 0 Å². The Kier molecular flexibility index (Phi) is 4.42. The fourth-order valence-electron chi connectivity index (χ4n) is 1.42. The van der Waals surface area contributed by atoms with Gasteiger partial charge in [0.25, 0.3) is 0 Å². The highest BCUT2D eigenvalue weighted by molar-refractivity contribution is 6.18. The van der Waals surface area contributed by atoms with E-state index in [0.29, 0.717) is 11.9 Å². The van der Waals surface area contributed by atoms with Crippen molar-refractivity contribution >= 4 is 11.6 Å². The van der Waals surface area contributed by atoms with Crippen LogP contribution < -0.4 is 0 Å². The van der Waals surface area contributed by atoms with Gasteiger partial charge in [0, 0.05) is 43.8 Å². The Balaban J connectivity index is 2.55. The molecule has 0 saturated heterocycles. The van der Waals surface area contributed by atoms with Gasteiger partial charge in [-0.05, 0) is 13.8 Å². The quantitative estimate of drug-likeness (QED) is 0.700. The average molecular weight is 216 g/mol. The molecule has 0 aliphatic heterocycles. The van der Waals surface area contributed by atoms with Crippen molar-refractivity contribution in [1.82, 2.24) is 14.7 Å². The lowest BCUT2D eigenvalue weighted by Crippen LogP contribution is -2.31. The van der Waals surface area contributed by atoms with Crippen LogP contribution in [0, 0.1) is 0 Å². The summed E-state index contributed by atoms with van der Waals surface area (Å²) in [6.45, 7) is 6.22. The van der Waals surface area contributed by atoms with Gasteiger partial charge in [-0.1, -0.05) is 0 Å². The highest BCUT2D eigenvalue weighted by Crippen LogP contribution is 2.07. The molecule has 1 aromatic heterocycles. The van der Waals surface area contributed by atoms with E-state index in [4.69, 9.17) is 11.6 Å². The topological polar surface area (TPSA) is 21.1 Å². The Bertz CT molecular complexity index is 270. The molecule has 0 aliphatic carbocycles. The maximum atomic E-state index is 5.75. The van der Waals surface area contributed by atoms with Gasteiger partial charge in [-0.25, -0.2) is 0 Å². The molecule has 14 heavy (non-hydrogen) atoms. The van der Waals surface area contributed by atoms with E-state index in [1.165, 1.54) is 5.56 Å². The molecule has 1 rings (SSSR count). The van der Waals surface area contributed by atoms with Gasteiger partial charge in [0.15, 0.2) is 0 Å². The van der Waals surface area contributed by atoms with Crippen LogP contribution in [0.25, 0.3) is 0 Å². The van der Waals surface area contributed by atoms with Crippen LogP contribution in [-0.2, 0) is 13.6 Å². The van der Waals surface area contributed by atoms with Gasteiger partial charge >= 0.3 is 0 Å². The van der Waals surface area contributed by atoms with Gasteiger partial charge in [-0.15, -0.1) is 11.6 Å². The normalized spacial score (nSPS) is 11.6. The highest BCUT2D eigenvalue weighted by atomic mass is 35.5. The number of aryl methyl sites for hydroxylation is 1. The van der Waals surface area contributed by atoms with Crippen LogP contribution in [0.2, 0.25) is 0 Å². The van der Waals surface area contributed by atoms with Gasteiger partial charge in [0.2, 0.25) is 0 Å². The Morgan fingerprint density at radius 1 is 1.57 bits per heavy atom. The van der Waals surface area contributed by atoms with Crippen molar-refractivity contribution in [2.45, 2.75) is 26.4 Å². The lowest BCUT2D eigenvalue weighted by atomic mass is 10.2. The first-order chi connectivity index (χ1) is 6.63. The summed E-state index contributed by atoms with van der Waals surface area (Å²) in [7, 11) is 1.94. The molecule has 1 heterocycles. The molecule has 1 aromatic rings. The minimum Gasteiger partial charge on any atom is -0.295 e. The smallest absolute Gasteiger partial charge is 0.0534 e. The minimum atomic E-state index is 0.522. The van der Waals surface area contributed by atoms with E-state index in [-0.39, 0.29) is 0 Å². The summed E-state index contributed by atoms with van der Waals surface area (Å²) in [5.41, 5.74) is 1.24. The van der Waals surface area contributed by atoms with E-state index in [2.05, 4.69) is 23.8 Å². The molecule has 0 unspecified atom stereocenters. The van der Waals surface area contributed by atoms with Crippen LogP contribution in [0.5, 0.6) is 0 Å². The van der Waals surface area contributed by atoms with E-state index in [0.717, 1.165) is 13.1 Å². The predicted molar refractivity (Wildman–Crippen MR) is 59.5 cm³/mol. The Morgan fingerprint density at radius 2 is 2.29 bits per heavy atom.